The SMILES string of the molecule is CC(C)[C@@H](NS(=O)(=O)c1cccs1)C(=O)NCCC1=CCCCC1. The molecule has 2 rings (SSSR count). The molecule has 0 spiro atoms. The third kappa shape index (κ3) is 5.43. The van der Waals surface area contributed by atoms with Crippen LogP contribution in [0.25, 0.3) is 0 Å². The second-order valence-corrected chi connectivity index (χ2v) is 9.31. The maximum atomic E-state index is 12.4. The van der Waals surface area contributed by atoms with Crippen LogP contribution in [-0.4, -0.2) is 26.9 Å². The number of sulfonamides is 1. The Morgan fingerprint density at radius 2 is 2.12 bits per heavy atom. The van der Waals surface area contributed by atoms with Gasteiger partial charge in [0, 0.05) is 6.54 Å². The van der Waals surface area contributed by atoms with E-state index in [0.29, 0.717) is 6.54 Å². The van der Waals surface area contributed by atoms with Gasteiger partial charge >= 0.3 is 0 Å². The lowest BCUT2D eigenvalue weighted by atomic mass is 9.97. The van der Waals surface area contributed by atoms with Crippen LogP contribution >= 0.6 is 11.3 Å². The fraction of sp³-hybridized carbons (Fsp3) is 0.588. The molecule has 1 aromatic rings. The van der Waals surface area contributed by atoms with E-state index in [1.807, 2.05) is 13.8 Å². The van der Waals surface area contributed by atoms with Gasteiger partial charge in [-0.1, -0.05) is 31.6 Å². The van der Waals surface area contributed by atoms with E-state index in [4.69, 9.17) is 0 Å². The summed E-state index contributed by atoms with van der Waals surface area (Å²) in [5.74, 6) is -0.393. The van der Waals surface area contributed by atoms with E-state index in [9.17, 15) is 13.2 Å². The van der Waals surface area contributed by atoms with Gasteiger partial charge in [-0.05, 0) is 49.5 Å². The van der Waals surface area contributed by atoms with Crippen molar-refractivity contribution in [3.63, 3.8) is 0 Å². The number of thiophene rings is 1. The molecule has 1 aliphatic carbocycles. The highest BCUT2D eigenvalue weighted by Crippen LogP contribution is 2.20. The van der Waals surface area contributed by atoms with Gasteiger partial charge < -0.3 is 5.32 Å². The minimum Gasteiger partial charge on any atom is -0.354 e. The maximum Gasteiger partial charge on any atom is 0.250 e. The van der Waals surface area contributed by atoms with Crippen LogP contribution in [0.4, 0.5) is 0 Å². The van der Waals surface area contributed by atoms with Crippen molar-refractivity contribution in [2.45, 2.75) is 56.2 Å². The van der Waals surface area contributed by atoms with Crippen molar-refractivity contribution in [1.29, 1.82) is 0 Å². The smallest absolute Gasteiger partial charge is 0.250 e. The molecule has 1 aromatic heterocycles. The highest BCUT2D eigenvalue weighted by atomic mass is 32.2. The first kappa shape index (κ1) is 19.1. The summed E-state index contributed by atoms with van der Waals surface area (Å²) in [7, 11) is -3.66. The van der Waals surface area contributed by atoms with Crippen LogP contribution < -0.4 is 10.0 Å². The first-order chi connectivity index (χ1) is 11.4. The van der Waals surface area contributed by atoms with E-state index in [0.717, 1.165) is 30.6 Å². The zero-order valence-corrected chi connectivity index (χ0v) is 15.9. The quantitative estimate of drug-likeness (QED) is 0.691. The molecule has 0 aliphatic heterocycles. The van der Waals surface area contributed by atoms with Gasteiger partial charge in [-0.3, -0.25) is 4.79 Å². The molecule has 0 unspecified atom stereocenters. The van der Waals surface area contributed by atoms with Gasteiger partial charge in [0.2, 0.25) is 5.91 Å². The van der Waals surface area contributed by atoms with Gasteiger partial charge in [-0.25, -0.2) is 8.42 Å². The Morgan fingerprint density at radius 3 is 2.71 bits per heavy atom. The van der Waals surface area contributed by atoms with Crippen molar-refractivity contribution in [3.05, 3.63) is 29.2 Å². The summed E-state index contributed by atoms with van der Waals surface area (Å²) >= 11 is 1.14. The summed E-state index contributed by atoms with van der Waals surface area (Å²) < 4.78 is 27.5. The summed E-state index contributed by atoms with van der Waals surface area (Å²) in [5, 5.41) is 4.58. The van der Waals surface area contributed by atoms with Crippen molar-refractivity contribution in [3.8, 4) is 0 Å². The second-order valence-electron chi connectivity index (χ2n) is 6.42. The molecule has 2 N–H and O–H groups in total. The van der Waals surface area contributed by atoms with Crippen molar-refractivity contribution < 1.29 is 13.2 Å². The van der Waals surface area contributed by atoms with Crippen LogP contribution in [0.15, 0.2) is 33.4 Å². The summed E-state index contributed by atoms with van der Waals surface area (Å²) in [6.45, 7) is 4.23. The van der Waals surface area contributed by atoms with Gasteiger partial charge in [0.25, 0.3) is 10.0 Å². The monoisotopic (exact) mass is 370 g/mol. The summed E-state index contributed by atoms with van der Waals surface area (Å²) in [6.07, 6.45) is 7.79. The molecular weight excluding hydrogens is 344 g/mol. The molecule has 7 heteroatoms. The molecule has 1 atom stereocenters. The average Bonchev–Trinajstić information content (AvgIpc) is 3.09. The highest BCUT2D eigenvalue weighted by Gasteiger charge is 2.28. The Bertz CT molecular complexity index is 664. The lowest BCUT2D eigenvalue weighted by Gasteiger charge is -2.21. The number of hydrogen-bond donors (Lipinski definition) is 2. The predicted octanol–water partition coefficient (Wildman–Crippen LogP) is 3.06. The lowest BCUT2D eigenvalue weighted by Crippen LogP contribution is -2.49. The molecule has 0 radical (unpaired) electrons. The van der Waals surface area contributed by atoms with Crippen LogP contribution in [-0.2, 0) is 14.8 Å². The van der Waals surface area contributed by atoms with Crippen LogP contribution in [0.5, 0.6) is 0 Å². The Hall–Kier alpha value is -1.18. The topological polar surface area (TPSA) is 75.3 Å². The average molecular weight is 371 g/mol. The number of hydrogen-bond acceptors (Lipinski definition) is 4. The maximum absolute atomic E-state index is 12.4. The fourth-order valence-corrected chi connectivity index (χ4v) is 5.08. The second kappa shape index (κ2) is 8.78. The number of nitrogens with one attached hydrogen (secondary N) is 2. The Labute approximate surface area is 148 Å². The Morgan fingerprint density at radius 1 is 1.33 bits per heavy atom. The number of rotatable bonds is 8. The Balaban J connectivity index is 1.92. The number of allylic oxidation sites excluding steroid dienone is 1. The van der Waals surface area contributed by atoms with E-state index < -0.39 is 16.1 Å². The van der Waals surface area contributed by atoms with Gasteiger partial charge in [-0.15, -0.1) is 11.3 Å². The Kier molecular flexibility index (Phi) is 7.01. The molecule has 0 aromatic carbocycles. The number of amides is 1. The van der Waals surface area contributed by atoms with Crippen LogP contribution in [0.3, 0.4) is 0 Å². The zero-order chi connectivity index (χ0) is 17.6. The highest BCUT2D eigenvalue weighted by molar-refractivity contribution is 7.91. The molecule has 24 heavy (non-hydrogen) atoms. The van der Waals surface area contributed by atoms with E-state index in [1.54, 1.807) is 11.4 Å². The summed E-state index contributed by atoms with van der Waals surface area (Å²) in [5.41, 5.74) is 1.39. The van der Waals surface area contributed by atoms with Crippen LogP contribution in [0.1, 0.15) is 46.0 Å². The number of carbonyl (C=O) groups excluding carboxylic acids is 1. The lowest BCUT2D eigenvalue weighted by molar-refractivity contribution is -0.123. The zero-order valence-electron chi connectivity index (χ0n) is 14.2. The van der Waals surface area contributed by atoms with E-state index in [-0.39, 0.29) is 16.0 Å². The van der Waals surface area contributed by atoms with Crippen molar-refractivity contribution in [2.24, 2.45) is 5.92 Å². The molecule has 5 nitrogen and oxygen atoms in total. The standard InChI is InChI=1S/C17H26N2O3S2/c1-13(2)16(19-24(21,22)15-9-6-12-23-15)17(20)18-11-10-14-7-4-3-5-8-14/h6-7,9,12-13,16,19H,3-5,8,10-11H2,1-2H3,(H,18,20)/t16-/m1/s1. The minimum absolute atomic E-state index is 0.131. The first-order valence-electron chi connectivity index (χ1n) is 8.41. The van der Waals surface area contributed by atoms with Gasteiger partial charge in [0.1, 0.15) is 10.3 Å². The molecular formula is C17H26N2O3S2. The molecule has 134 valence electrons. The molecule has 0 saturated heterocycles. The molecule has 0 bridgehead atoms. The largest absolute Gasteiger partial charge is 0.354 e. The van der Waals surface area contributed by atoms with Crippen LogP contribution in [0.2, 0.25) is 0 Å². The first-order valence-corrected chi connectivity index (χ1v) is 10.8. The molecule has 1 amide bonds. The third-order valence-electron chi connectivity index (χ3n) is 4.12. The van der Waals surface area contributed by atoms with Gasteiger partial charge in [0.15, 0.2) is 0 Å². The van der Waals surface area contributed by atoms with Gasteiger partial charge in [0.05, 0.1) is 0 Å². The van der Waals surface area contributed by atoms with Crippen LogP contribution in [0, 0.1) is 5.92 Å². The van der Waals surface area contributed by atoms with Crippen molar-refractivity contribution in [1.82, 2.24) is 10.0 Å². The van der Waals surface area contributed by atoms with E-state index in [2.05, 4.69) is 16.1 Å². The summed E-state index contributed by atoms with van der Waals surface area (Å²) in [4.78, 5) is 12.4. The molecule has 1 heterocycles. The molecule has 0 saturated carbocycles. The van der Waals surface area contributed by atoms with Crippen molar-refractivity contribution >= 4 is 27.3 Å². The number of carbonyl (C=O) groups is 1. The fourth-order valence-electron chi connectivity index (χ4n) is 2.72. The summed E-state index contributed by atoms with van der Waals surface area (Å²) in [6, 6.07) is 2.46. The van der Waals surface area contributed by atoms with E-state index in [1.165, 1.54) is 24.5 Å². The van der Waals surface area contributed by atoms with Crippen molar-refractivity contribution in [2.75, 3.05) is 6.54 Å². The van der Waals surface area contributed by atoms with Gasteiger partial charge in [-0.2, -0.15) is 4.72 Å². The minimum atomic E-state index is -3.66. The normalized spacial score (nSPS) is 16.7. The third-order valence-corrected chi connectivity index (χ3v) is 6.96. The van der Waals surface area contributed by atoms with E-state index >= 15 is 0 Å². The predicted molar refractivity (Wildman–Crippen MR) is 97.4 cm³/mol. The molecule has 0 fully saturated rings. The molecule has 1 aliphatic rings.